The summed E-state index contributed by atoms with van der Waals surface area (Å²) in [5, 5.41) is 6.90. The molecule has 25 heavy (non-hydrogen) atoms. The van der Waals surface area contributed by atoms with Crippen molar-refractivity contribution in [3.05, 3.63) is 58.3 Å². The smallest absolute Gasteiger partial charge is 0.232 e. The van der Waals surface area contributed by atoms with E-state index in [1.54, 1.807) is 6.07 Å². The molecule has 9 heteroatoms. The Morgan fingerprint density at radius 3 is 2.48 bits per heavy atom. The summed E-state index contributed by atoms with van der Waals surface area (Å²) in [6, 6.07) is 13.4. The summed E-state index contributed by atoms with van der Waals surface area (Å²) in [4.78, 5) is 13.8. The van der Waals surface area contributed by atoms with Gasteiger partial charge in [-0.05, 0) is 55.4 Å². The van der Waals surface area contributed by atoms with Crippen LogP contribution in [-0.4, -0.2) is 22.0 Å². The topological polar surface area (TPSA) is 74.8 Å². The van der Waals surface area contributed by atoms with E-state index in [9.17, 15) is 0 Å². The Kier molecular flexibility index (Phi) is 6.09. The fourth-order valence-electron chi connectivity index (χ4n) is 2.06. The summed E-state index contributed by atoms with van der Waals surface area (Å²) in [5.41, 5.74) is 1.67. The maximum absolute atomic E-state index is 6.05. The summed E-state index contributed by atoms with van der Waals surface area (Å²) in [7, 11) is 1.88. The molecule has 3 rings (SSSR count). The van der Waals surface area contributed by atoms with Crippen LogP contribution in [0.2, 0.25) is 5.02 Å². The Balaban J connectivity index is 1.76. The number of aromatic nitrogens is 3. The molecule has 0 aliphatic rings. The van der Waals surface area contributed by atoms with Crippen molar-refractivity contribution in [1.82, 2.24) is 19.7 Å². The van der Waals surface area contributed by atoms with Crippen LogP contribution in [0, 0.1) is 0 Å². The van der Waals surface area contributed by atoms with Crippen molar-refractivity contribution < 1.29 is 0 Å². The minimum Gasteiger partial charge on any atom is -0.324 e. The molecule has 0 spiro atoms. The molecule has 0 saturated heterocycles. The number of nitrogens with zero attached hydrogens (tertiary/aromatic N) is 3. The van der Waals surface area contributed by atoms with Crippen LogP contribution in [0.25, 0.3) is 0 Å². The minimum absolute atomic E-state index is 0.424. The summed E-state index contributed by atoms with van der Waals surface area (Å²) in [5.74, 6) is 0.873. The van der Waals surface area contributed by atoms with Crippen molar-refractivity contribution >= 4 is 62.8 Å². The average molecular weight is 438 g/mol. The molecule has 3 aromatic rings. The Morgan fingerprint density at radius 1 is 1.00 bits per heavy atom. The van der Waals surface area contributed by atoms with Crippen molar-refractivity contribution in [3.8, 4) is 0 Å². The molecule has 0 atom stereocenters. The Morgan fingerprint density at radius 2 is 1.76 bits per heavy atom. The minimum atomic E-state index is 0.424. The molecule has 1 aromatic heterocycles. The maximum Gasteiger partial charge on any atom is 0.232 e. The third-order valence-electron chi connectivity index (χ3n) is 3.00. The Bertz CT molecular complexity index is 858. The van der Waals surface area contributed by atoms with E-state index in [-0.39, 0.29) is 0 Å². The molecule has 3 N–H and O–H groups in total. The zero-order valence-corrected chi connectivity index (χ0v) is 16.3. The number of hydrogen-bond donors (Lipinski definition) is 3. The van der Waals surface area contributed by atoms with Gasteiger partial charge in [0.1, 0.15) is 6.33 Å². The van der Waals surface area contributed by atoms with Gasteiger partial charge in [0.2, 0.25) is 11.9 Å². The number of hydrogen-bond acceptors (Lipinski definition) is 7. The zero-order valence-electron chi connectivity index (χ0n) is 13.1. The molecule has 0 radical (unpaired) electrons. The third-order valence-corrected chi connectivity index (χ3v) is 4.37. The molecule has 0 bridgehead atoms. The summed E-state index contributed by atoms with van der Waals surface area (Å²) >= 11 is 11.0. The predicted molar refractivity (Wildman–Crippen MR) is 107 cm³/mol. The number of benzene rings is 2. The van der Waals surface area contributed by atoms with E-state index >= 15 is 0 Å². The SMILES string of the molecule is CNSc1cccc(Nc2ncnc(Nc3cc(Cl)cc(Br)c3)n2)c1. The normalized spacial score (nSPS) is 10.5. The van der Waals surface area contributed by atoms with Gasteiger partial charge in [-0.25, -0.2) is 9.97 Å². The van der Waals surface area contributed by atoms with E-state index in [0.717, 1.165) is 20.7 Å². The second-order valence-electron chi connectivity index (χ2n) is 4.87. The Labute approximate surface area is 163 Å². The first-order chi connectivity index (χ1) is 12.1. The van der Waals surface area contributed by atoms with Crippen LogP contribution in [0.1, 0.15) is 0 Å². The van der Waals surface area contributed by atoms with Gasteiger partial charge in [0.25, 0.3) is 0 Å². The molecule has 128 valence electrons. The van der Waals surface area contributed by atoms with Crippen LogP contribution in [0.5, 0.6) is 0 Å². The molecule has 0 amide bonds. The van der Waals surface area contributed by atoms with Crippen LogP contribution in [0.15, 0.2) is 58.2 Å². The molecule has 6 nitrogen and oxygen atoms in total. The van der Waals surface area contributed by atoms with Crippen LogP contribution in [0.4, 0.5) is 23.3 Å². The molecule has 0 saturated carbocycles. The number of nitrogens with one attached hydrogen (secondary N) is 3. The van der Waals surface area contributed by atoms with Gasteiger partial charge in [0, 0.05) is 25.8 Å². The first-order valence-corrected chi connectivity index (χ1v) is 9.24. The third kappa shape index (κ3) is 5.30. The van der Waals surface area contributed by atoms with Gasteiger partial charge in [0.15, 0.2) is 0 Å². The standard InChI is InChI=1S/C16H14BrClN6S/c1-19-25-14-4-2-3-12(8-14)22-15-20-9-21-16(24-15)23-13-6-10(17)5-11(18)7-13/h2-9,19H,1H3,(H2,20,21,22,23,24). The van der Waals surface area contributed by atoms with E-state index in [2.05, 4.69) is 46.2 Å². The van der Waals surface area contributed by atoms with Gasteiger partial charge < -0.3 is 10.6 Å². The maximum atomic E-state index is 6.05. The highest BCUT2D eigenvalue weighted by atomic mass is 79.9. The number of anilines is 4. The van der Waals surface area contributed by atoms with E-state index in [4.69, 9.17) is 11.6 Å². The lowest BCUT2D eigenvalue weighted by atomic mass is 10.3. The predicted octanol–water partition coefficient (Wildman–Crippen LogP) is 5.00. The highest BCUT2D eigenvalue weighted by Gasteiger charge is 2.04. The van der Waals surface area contributed by atoms with E-state index < -0.39 is 0 Å². The zero-order chi connectivity index (χ0) is 17.6. The van der Waals surface area contributed by atoms with Crippen molar-refractivity contribution in [2.75, 3.05) is 17.7 Å². The molecule has 0 unspecified atom stereocenters. The molecule has 0 fully saturated rings. The highest BCUT2D eigenvalue weighted by molar-refractivity contribution is 9.10. The number of halogens is 2. The fourth-order valence-corrected chi connectivity index (χ4v) is 3.48. The fraction of sp³-hybridized carbons (Fsp3) is 0.0625. The quantitative estimate of drug-likeness (QED) is 0.468. The van der Waals surface area contributed by atoms with Crippen LogP contribution in [0.3, 0.4) is 0 Å². The van der Waals surface area contributed by atoms with Crippen molar-refractivity contribution in [1.29, 1.82) is 0 Å². The van der Waals surface area contributed by atoms with Crippen LogP contribution < -0.4 is 15.4 Å². The Hall–Kier alpha value is -1.87. The van der Waals surface area contributed by atoms with E-state index in [1.807, 2.05) is 43.4 Å². The lowest BCUT2D eigenvalue weighted by Crippen LogP contribution is -2.03. The molecule has 2 aromatic carbocycles. The van der Waals surface area contributed by atoms with Gasteiger partial charge >= 0.3 is 0 Å². The second-order valence-corrected chi connectivity index (χ2v) is 7.31. The summed E-state index contributed by atoms with van der Waals surface area (Å²) in [6.07, 6.45) is 1.45. The van der Waals surface area contributed by atoms with E-state index in [1.165, 1.54) is 18.3 Å². The molecule has 0 aliphatic carbocycles. The van der Waals surface area contributed by atoms with Crippen molar-refractivity contribution in [2.45, 2.75) is 4.90 Å². The first kappa shape index (κ1) is 17.9. The largest absolute Gasteiger partial charge is 0.324 e. The summed E-state index contributed by atoms with van der Waals surface area (Å²) in [6.45, 7) is 0. The second kappa shape index (κ2) is 8.48. The monoisotopic (exact) mass is 436 g/mol. The molecule has 1 heterocycles. The molecular formula is C16H14BrClN6S. The highest BCUT2D eigenvalue weighted by Crippen LogP contribution is 2.25. The van der Waals surface area contributed by atoms with Crippen LogP contribution >= 0.6 is 39.5 Å². The van der Waals surface area contributed by atoms with Gasteiger partial charge in [-0.2, -0.15) is 4.98 Å². The van der Waals surface area contributed by atoms with Crippen molar-refractivity contribution in [2.24, 2.45) is 0 Å². The van der Waals surface area contributed by atoms with E-state index in [0.29, 0.717) is 16.9 Å². The van der Waals surface area contributed by atoms with Gasteiger partial charge in [-0.1, -0.05) is 33.6 Å². The van der Waals surface area contributed by atoms with Crippen LogP contribution in [-0.2, 0) is 0 Å². The average Bonchev–Trinajstić information content (AvgIpc) is 2.55. The first-order valence-electron chi connectivity index (χ1n) is 7.25. The lowest BCUT2D eigenvalue weighted by molar-refractivity contribution is 1.06. The van der Waals surface area contributed by atoms with Crippen molar-refractivity contribution in [3.63, 3.8) is 0 Å². The summed E-state index contributed by atoms with van der Waals surface area (Å²) < 4.78 is 3.91. The van der Waals surface area contributed by atoms with Gasteiger partial charge in [-0.15, -0.1) is 0 Å². The number of rotatable bonds is 6. The molecular weight excluding hydrogens is 424 g/mol. The lowest BCUT2D eigenvalue weighted by Gasteiger charge is -2.09. The van der Waals surface area contributed by atoms with Gasteiger partial charge in [0.05, 0.1) is 0 Å². The molecule has 0 aliphatic heterocycles. The van der Waals surface area contributed by atoms with Gasteiger partial charge in [-0.3, -0.25) is 4.72 Å².